The van der Waals surface area contributed by atoms with Gasteiger partial charge >= 0.3 is 0 Å². The predicted molar refractivity (Wildman–Crippen MR) is 168 cm³/mol. The summed E-state index contributed by atoms with van der Waals surface area (Å²) in [5.74, 6) is 6.38. The Kier molecular flexibility index (Phi) is 8.68. The molecular formula is C34H35N7O3. The van der Waals surface area contributed by atoms with E-state index in [2.05, 4.69) is 49.5 Å². The first-order valence-corrected chi connectivity index (χ1v) is 14.8. The van der Waals surface area contributed by atoms with Crippen molar-refractivity contribution in [2.45, 2.75) is 18.9 Å². The zero-order chi connectivity index (χ0) is 30.5. The number of carbonyl (C=O) groups is 2. The number of hydrogen-bond acceptors (Lipinski definition) is 7. The van der Waals surface area contributed by atoms with Gasteiger partial charge in [-0.2, -0.15) is 0 Å². The van der Waals surface area contributed by atoms with Gasteiger partial charge in [-0.1, -0.05) is 54.3 Å². The highest BCUT2D eigenvalue weighted by molar-refractivity contribution is 5.98. The Balaban J connectivity index is 1.20. The van der Waals surface area contributed by atoms with Gasteiger partial charge in [0.1, 0.15) is 5.69 Å². The standard InChI is InChI=1S/C34H35N7O3/c1-40-29-12-13-36-33(43)27(29)20-30(40)32-26(21-37-34(35)39-32)11-10-23-6-5-7-24(18-23)19-31(42)38-28(25-8-3-2-4-9-25)22-41-14-16-44-17-15-41/h2-9,18,20-21,28H,12-17,19,22H2,1H3,(H,36,43)(H,38,42)(H2,35,37,39)/t28-/m1/s1. The topological polar surface area (TPSA) is 127 Å². The molecule has 0 spiro atoms. The number of ether oxygens (including phenoxy) is 1. The molecule has 44 heavy (non-hydrogen) atoms. The molecule has 0 radical (unpaired) electrons. The van der Waals surface area contributed by atoms with E-state index in [-0.39, 0.29) is 30.2 Å². The molecule has 0 saturated carbocycles. The lowest BCUT2D eigenvalue weighted by molar-refractivity contribution is -0.121. The van der Waals surface area contributed by atoms with Crippen LogP contribution in [-0.4, -0.2) is 70.6 Å². The molecule has 10 heteroatoms. The van der Waals surface area contributed by atoms with Gasteiger partial charge in [0.05, 0.1) is 42.5 Å². The number of aromatic nitrogens is 3. The molecule has 10 nitrogen and oxygen atoms in total. The molecule has 2 aromatic carbocycles. The summed E-state index contributed by atoms with van der Waals surface area (Å²) in [4.78, 5) is 36.7. The van der Waals surface area contributed by atoms with Crippen molar-refractivity contribution in [2.24, 2.45) is 7.05 Å². The van der Waals surface area contributed by atoms with E-state index in [1.807, 2.05) is 60.1 Å². The molecular weight excluding hydrogens is 554 g/mol. The Morgan fingerprint density at radius 2 is 1.93 bits per heavy atom. The average Bonchev–Trinajstić information content (AvgIpc) is 3.38. The van der Waals surface area contributed by atoms with Crippen molar-refractivity contribution in [2.75, 3.05) is 45.1 Å². The largest absolute Gasteiger partial charge is 0.379 e. The van der Waals surface area contributed by atoms with Crippen LogP contribution in [-0.2, 0) is 29.4 Å². The first-order valence-electron chi connectivity index (χ1n) is 14.8. The maximum atomic E-state index is 13.3. The summed E-state index contributed by atoms with van der Waals surface area (Å²) in [5.41, 5.74) is 12.2. The highest BCUT2D eigenvalue weighted by Crippen LogP contribution is 2.28. The van der Waals surface area contributed by atoms with E-state index in [9.17, 15) is 9.59 Å². The molecule has 0 bridgehead atoms. The number of benzene rings is 2. The van der Waals surface area contributed by atoms with Crippen molar-refractivity contribution >= 4 is 17.8 Å². The van der Waals surface area contributed by atoms with Gasteiger partial charge in [0.2, 0.25) is 11.9 Å². The Morgan fingerprint density at radius 3 is 2.73 bits per heavy atom. The van der Waals surface area contributed by atoms with Crippen molar-refractivity contribution in [3.8, 4) is 23.2 Å². The lowest BCUT2D eigenvalue weighted by Crippen LogP contribution is -2.43. The molecule has 1 fully saturated rings. The van der Waals surface area contributed by atoms with Gasteiger partial charge in [0.25, 0.3) is 5.91 Å². The molecule has 2 aromatic heterocycles. The monoisotopic (exact) mass is 589 g/mol. The number of carbonyl (C=O) groups excluding carboxylic acids is 2. The molecule has 4 heterocycles. The van der Waals surface area contributed by atoms with E-state index in [4.69, 9.17) is 10.5 Å². The number of nitrogens with two attached hydrogens (primary N) is 1. The number of anilines is 1. The van der Waals surface area contributed by atoms with Crippen molar-refractivity contribution < 1.29 is 14.3 Å². The summed E-state index contributed by atoms with van der Waals surface area (Å²) in [6.45, 7) is 4.43. The maximum absolute atomic E-state index is 13.3. The Hall–Kier alpha value is -4.98. The summed E-state index contributed by atoms with van der Waals surface area (Å²) in [6, 6.07) is 19.5. The van der Waals surface area contributed by atoms with E-state index in [1.165, 1.54) is 0 Å². The first kappa shape index (κ1) is 29.1. The smallest absolute Gasteiger partial charge is 0.253 e. The second-order valence-corrected chi connectivity index (χ2v) is 11.0. The minimum atomic E-state index is -0.122. The van der Waals surface area contributed by atoms with Crippen LogP contribution in [0, 0.1) is 11.8 Å². The zero-order valence-electron chi connectivity index (χ0n) is 24.7. The van der Waals surface area contributed by atoms with E-state index in [0.29, 0.717) is 36.6 Å². The van der Waals surface area contributed by atoms with Gasteiger partial charge < -0.3 is 25.7 Å². The fourth-order valence-electron chi connectivity index (χ4n) is 5.73. The van der Waals surface area contributed by atoms with Crippen LogP contribution in [0.2, 0.25) is 0 Å². The number of nitrogen functional groups attached to an aromatic ring is 1. The summed E-state index contributed by atoms with van der Waals surface area (Å²) >= 11 is 0. The van der Waals surface area contributed by atoms with Gasteiger partial charge in [-0.15, -0.1) is 0 Å². The zero-order valence-corrected chi connectivity index (χ0v) is 24.7. The SMILES string of the molecule is Cn1c(-c2nc(N)ncc2C#Cc2cccc(CC(=O)N[C@H](CN3CCOCC3)c3ccccc3)c2)cc2c1CCNC2=O. The predicted octanol–water partition coefficient (Wildman–Crippen LogP) is 2.48. The lowest BCUT2D eigenvalue weighted by atomic mass is 10.0. The summed E-state index contributed by atoms with van der Waals surface area (Å²) in [6.07, 6.45) is 2.57. The highest BCUT2D eigenvalue weighted by atomic mass is 16.5. The maximum Gasteiger partial charge on any atom is 0.253 e. The number of rotatable bonds is 7. The van der Waals surface area contributed by atoms with Gasteiger partial charge in [-0.25, -0.2) is 9.97 Å². The van der Waals surface area contributed by atoms with Crippen molar-refractivity contribution in [1.82, 2.24) is 30.1 Å². The van der Waals surface area contributed by atoms with Gasteiger partial charge in [0, 0.05) is 57.1 Å². The minimum absolute atomic E-state index is 0.0526. The first-order chi connectivity index (χ1) is 21.4. The van der Waals surface area contributed by atoms with Crippen LogP contribution in [0.15, 0.2) is 66.9 Å². The quantitative estimate of drug-likeness (QED) is 0.283. The molecule has 4 aromatic rings. The fourth-order valence-corrected chi connectivity index (χ4v) is 5.73. The van der Waals surface area contributed by atoms with Crippen molar-refractivity contribution in [3.05, 3.63) is 100 Å². The molecule has 0 aliphatic carbocycles. The van der Waals surface area contributed by atoms with Crippen LogP contribution in [0.4, 0.5) is 5.95 Å². The molecule has 1 atom stereocenters. The summed E-state index contributed by atoms with van der Waals surface area (Å²) in [7, 11) is 1.92. The third-order valence-corrected chi connectivity index (χ3v) is 8.01. The van der Waals surface area contributed by atoms with Gasteiger partial charge in [-0.3, -0.25) is 14.5 Å². The van der Waals surface area contributed by atoms with E-state index in [1.54, 1.807) is 6.20 Å². The van der Waals surface area contributed by atoms with Crippen LogP contribution in [0.3, 0.4) is 0 Å². The van der Waals surface area contributed by atoms with Gasteiger partial charge in [-0.05, 0) is 29.3 Å². The number of hydrogen-bond donors (Lipinski definition) is 3. The van der Waals surface area contributed by atoms with Crippen LogP contribution < -0.4 is 16.4 Å². The third-order valence-electron chi connectivity index (χ3n) is 8.01. The fraction of sp³-hybridized carbons (Fsp3) is 0.294. The number of nitrogens with one attached hydrogen (secondary N) is 2. The second kappa shape index (κ2) is 13.1. The normalized spacial score (nSPS) is 15.4. The van der Waals surface area contributed by atoms with E-state index in [0.717, 1.165) is 54.1 Å². The van der Waals surface area contributed by atoms with E-state index >= 15 is 0 Å². The molecule has 0 unspecified atom stereocenters. The number of amides is 2. The Morgan fingerprint density at radius 1 is 1.11 bits per heavy atom. The van der Waals surface area contributed by atoms with Crippen LogP contribution in [0.1, 0.15) is 44.3 Å². The van der Waals surface area contributed by atoms with Crippen molar-refractivity contribution in [3.63, 3.8) is 0 Å². The van der Waals surface area contributed by atoms with E-state index < -0.39 is 0 Å². The third kappa shape index (κ3) is 6.64. The highest BCUT2D eigenvalue weighted by Gasteiger charge is 2.24. The summed E-state index contributed by atoms with van der Waals surface area (Å²) in [5, 5.41) is 6.14. The number of morpholine rings is 1. The van der Waals surface area contributed by atoms with Gasteiger partial charge in [0.15, 0.2) is 0 Å². The molecule has 2 aliphatic rings. The molecule has 4 N–H and O–H groups in total. The Bertz CT molecular complexity index is 1730. The van der Waals surface area contributed by atoms with Crippen LogP contribution in [0.5, 0.6) is 0 Å². The molecule has 1 saturated heterocycles. The molecule has 6 rings (SSSR count). The molecule has 2 amide bonds. The lowest BCUT2D eigenvalue weighted by Gasteiger charge is -2.31. The van der Waals surface area contributed by atoms with Crippen LogP contribution in [0.25, 0.3) is 11.4 Å². The minimum Gasteiger partial charge on any atom is -0.379 e. The number of nitrogens with zero attached hydrogens (tertiary/aromatic N) is 4. The molecule has 2 aliphatic heterocycles. The average molecular weight is 590 g/mol. The Labute approximate surface area is 256 Å². The molecule has 224 valence electrons. The van der Waals surface area contributed by atoms with Crippen LogP contribution >= 0.6 is 0 Å². The summed E-state index contributed by atoms with van der Waals surface area (Å²) < 4.78 is 7.47. The second-order valence-electron chi connectivity index (χ2n) is 11.0. The van der Waals surface area contributed by atoms with Crippen molar-refractivity contribution in [1.29, 1.82) is 0 Å². The number of fused-ring (bicyclic) bond motifs is 1.